The maximum Gasteiger partial charge on any atom is 0.237 e. The van der Waals surface area contributed by atoms with Crippen molar-refractivity contribution < 1.29 is 14.0 Å². The van der Waals surface area contributed by atoms with Crippen molar-refractivity contribution >= 4 is 29.3 Å². The Morgan fingerprint density at radius 3 is 2.63 bits per heavy atom. The zero-order valence-electron chi connectivity index (χ0n) is 15.0. The lowest BCUT2D eigenvalue weighted by Gasteiger charge is -2.15. The number of hydrogen-bond acceptors (Lipinski definition) is 5. The van der Waals surface area contributed by atoms with Gasteiger partial charge in [0.2, 0.25) is 11.8 Å². The molecule has 1 saturated carbocycles. The molecule has 2 aromatic rings. The predicted octanol–water partition coefficient (Wildman–Crippen LogP) is 2.68. The highest BCUT2D eigenvalue weighted by Crippen LogP contribution is 2.40. The topological polar surface area (TPSA) is 103 Å². The second kappa shape index (κ2) is 8.51. The summed E-state index contributed by atoms with van der Waals surface area (Å²) >= 11 is 1.36. The highest BCUT2D eigenvalue weighted by atomic mass is 32.2. The van der Waals surface area contributed by atoms with Crippen molar-refractivity contribution in [3.8, 4) is 0 Å². The van der Waals surface area contributed by atoms with Gasteiger partial charge in [-0.05, 0) is 43.5 Å². The summed E-state index contributed by atoms with van der Waals surface area (Å²) in [5, 5.41) is 11.6. The Morgan fingerprint density at radius 2 is 2.04 bits per heavy atom. The van der Waals surface area contributed by atoms with E-state index in [0.717, 1.165) is 18.7 Å². The van der Waals surface area contributed by atoms with Gasteiger partial charge in [0, 0.05) is 24.6 Å². The van der Waals surface area contributed by atoms with Gasteiger partial charge >= 0.3 is 0 Å². The van der Waals surface area contributed by atoms with Crippen molar-refractivity contribution in [2.24, 2.45) is 5.73 Å². The number of nitrogens with zero attached hydrogens (tertiary/aromatic N) is 3. The summed E-state index contributed by atoms with van der Waals surface area (Å²) in [5.41, 5.74) is 5.78. The molecule has 27 heavy (non-hydrogen) atoms. The minimum atomic E-state index is -0.375. The molecule has 1 heterocycles. The van der Waals surface area contributed by atoms with Crippen LogP contribution in [0.2, 0.25) is 0 Å². The third-order valence-electron chi connectivity index (χ3n) is 4.26. The number of nitrogens with two attached hydrogens (primary N) is 1. The molecule has 0 aliphatic heterocycles. The monoisotopic (exact) mass is 391 g/mol. The highest BCUT2D eigenvalue weighted by molar-refractivity contribution is 8.00. The molecule has 1 fully saturated rings. The average molecular weight is 391 g/mol. The fourth-order valence-electron chi connectivity index (χ4n) is 2.70. The summed E-state index contributed by atoms with van der Waals surface area (Å²) in [6.45, 7) is 1.92. The molecule has 3 rings (SSSR count). The average Bonchev–Trinajstić information content (AvgIpc) is 3.40. The maximum atomic E-state index is 13.0. The number of amides is 2. The van der Waals surface area contributed by atoms with E-state index in [1.54, 1.807) is 0 Å². The minimum Gasteiger partial charge on any atom is -0.370 e. The first kappa shape index (κ1) is 19.3. The number of carbonyl (C=O) groups excluding carboxylic acids is 2. The molecule has 0 saturated heterocycles. The van der Waals surface area contributed by atoms with E-state index in [9.17, 15) is 14.0 Å². The van der Waals surface area contributed by atoms with Gasteiger partial charge in [0.25, 0.3) is 0 Å². The molecule has 3 N–H and O–H groups in total. The largest absolute Gasteiger partial charge is 0.370 e. The molecule has 1 aromatic carbocycles. The normalized spacial score (nSPS) is 14.7. The third-order valence-corrected chi connectivity index (χ3v) is 5.59. The number of thioether (sulfide) groups is 1. The number of primary amides is 1. The fraction of sp³-hybridized carbons (Fsp3) is 0.444. The van der Waals surface area contributed by atoms with E-state index in [1.165, 1.54) is 36.0 Å². The van der Waals surface area contributed by atoms with Crippen LogP contribution in [0.4, 0.5) is 10.1 Å². The number of nitrogens with one attached hydrogen (secondary N) is 1. The van der Waals surface area contributed by atoms with Crippen LogP contribution in [0.25, 0.3) is 0 Å². The number of aryl methyl sites for hydroxylation is 1. The Hall–Kier alpha value is -2.42. The van der Waals surface area contributed by atoms with E-state index >= 15 is 0 Å². The van der Waals surface area contributed by atoms with E-state index in [4.69, 9.17) is 5.73 Å². The SMILES string of the molecule is CCC(Sc1nnc(CCC(N)=O)n1C1CC1)C(=O)Nc1ccc(F)cc1. The smallest absolute Gasteiger partial charge is 0.237 e. The first-order chi connectivity index (χ1) is 13.0. The summed E-state index contributed by atoms with van der Waals surface area (Å²) in [6, 6.07) is 5.98. The molecule has 0 bridgehead atoms. The second-order valence-corrected chi connectivity index (χ2v) is 7.65. The Bertz CT molecular complexity index is 820. The Labute approximate surface area is 160 Å². The van der Waals surface area contributed by atoms with Gasteiger partial charge in [0.1, 0.15) is 11.6 Å². The van der Waals surface area contributed by atoms with Crippen molar-refractivity contribution in [2.75, 3.05) is 5.32 Å². The van der Waals surface area contributed by atoms with Crippen LogP contribution in [-0.4, -0.2) is 31.8 Å². The first-order valence-corrected chi connectivity index (χ1v) is 9.81. The Balaban J connectivity index is 1.71. The molecule has 0 radical (unpaired) electrons. The van der Waals surface area contributed by atoms with E-state index < -0.39 is 0 Å². The van der Waals surface area contributed by atoms with E-state index in [2.05, 4.69) is 15.5 Å². The molecular formula is C18H22FN5O2S. The predicted molar refractivity (Wildman–Crippen MR) is 101 cm³/mol. The van der Waals surface area contributed by atoms with Crippen LogP contribution in [0.1, 0.15) is 44.5 Å². The minimum absolute atomic E-state index is 0.168. The number of hydrogen-bond donors (Lipinski definition) is 2. The van der Waals surface area contributed by atoms with Gasteiger partial charge in [-0.3, -0.25) is 9.59 Å². The molecule has 1 atom stereocenters. The van der Waals surface area contributed by atoms with E-state index in [1.807, 2.05) is 11.5 Å². The van der Waals surface area contributed by atoms with Crippen LogP contribution in [-0.2, 0) is 16.0 Å². The van der Waals surface area contributed by atoms with Crippen molar-refractivity contribution in [1.82, 2.24) is 14.8 Å². The van der Waals surface area contributed by atoms with Gasteiger partial charge in [0.05, 0.1) is 5.25 Å². The summed E-state index contributed by atoms with van der Waals surface area (Å²) < 4.78 is 15.0. The molecule has 1 aliphatic carbocycles. The molecule has 1 aliphatic rings. The highest BCUT2D eigenvalue weighted by Gasteiger charge is 2.31. The first-order valence-electron chi connectivity index (χ1n) is 8.93. The number of carbonyl (C=O) groups is 2. The lowest BCUT2D eigenvalue weighted by atomic mass is 10.2. The van der Waals surface area contributed by atoms with E-state index in [-0.39, 0.29) is 29.3 Å². The van der Waals surface area contributed by atoms with Gasteiger partial charge in [-0.15, -0.1) is 10.2 Å². The lowest BCUT2D eigenvalue weighted by molar-refractivity contribution is -0.118. The standard InChI is InChI=1S/C18H22FN5O2S/c1-2-14(17(26)21-12-5-3-11(19)4-6-12)27-18-23-22-16(10-9-15(20)25)24(18)13-7-8-13/h3-6,13-14H,2,7-10H2,1H3,(H2,20,25)(H,21,26). The Kier molecular flexibility index (Phi) is 6.10. The number of rotatable bonds is 9. The number of halogens is 1. The lowest BCUT2D eigenvalue weighted by Crippen LogP contribution is -2.25. The van der Waals surface area contributed by atoms with Crippen molar-refractivity contribution in [3.63, 3.8) is 0 Å². The zero-order chi connectivity index (χ0) is 19.4. The summed E-state index contributed by atoms with van der Waals surface area (Å²) in [5.74, 6) is -0.166. The van der Waals surface area contributed by atoms with Crippen LogP contribution in [0, 0.1) is 5.82 Å². The molecule has 1 unspecified atom stereocenters. The number of anilines is 1. The van der Waals surface area contributed by atoms with Gasteiger partial charge in [-0.25, -0.2) is 4.39 Å². The molecule has 0 spiro atoms. The molecular weight excluding hydrogens is 369 g/mol. The van der Waals surface area contributed by atoms with Crippen molar-refractivity contribution in [2.45, 2.75) is 55.5 Å². The summed E-state index contributed by atoms with van der Waals surface area (Å²) in [7, 11) is 0. The van der Waals surface area contributed by atoms with Crippen LogP contribution in [0.5, 0.6) is 0 Å². The molecule has 2 amide bonds. The van der Waals surface area contributed by atoms with Crippen molar-refractivity contribution in [3.05, 3.63) is 35.9 Å². The van der Waals surface area contributed by atoms with Crippen LogP contribution < -0.4 is 11.1 Å². The molecule has 7 nitrogen and oxygen atoms in total. The summed E-state index contributed by atoms with van der Waals surface area (Å²) in [4.78, 5) is 23.7. The third kappa shape index (κ3) is 5.06. The molecule has 9 heteroatoms. The van der Waals surface area contributed by atoms with Crippen LogP contribution >= 0.6 is 11.8 Å². The van der Waals surface area contributed by atoms with Gasteiger partial charge in [-0.1, -0.05) is 18.7 Å². The number of aromatic nitrogens is 3. The Morgan fingerprint density at radius 1 is 1.33 bits per heavy atom. The van der Waals surface area contributed by atoms with Gasteiger partial charge in [-0.2, -0.15) is 0 Å². The second-order valence-electron chi connectivity index (χ2n) is 6.48. The van der Waals surface area contributed by atoms with Crippen LogP contribution in [0.3, 0.4) is 0 Å². The molecule has 144 valence electrons. The van der Waals surface area contributed by atoms with Gasteiger partial charge < -0.3 is 15.6 Å². The quantitative estimate of drug-likeness (QED) is 0.640. The van der Waals surface area contributed by atoms with Crippen molar-refractivity contribution in [1.29, 1.82) is 0 Å². The zero-order valence-corrected chi connectivity index (χ0v) is 15.8. The molecule has 1 aromatic heterocycles. The fourth-order valence-corrected chi connectivity index (χ4v) is 3.74. The van der Waals surface area contributed by atoms with Crippen LogP contribution in [0.15, 0.2) is 29.4 Å². The van der Waals surface area contributed by atoms with Gasteiger partial charge in [0.15, 0.2) is 5.16 Å². The van der Waals surface area contributed by atoms with E-state index in [0.29, 0.717) is 29.7 Å². The number of benzene rings is 1. The summed E-state index contributed by atoms with van der Waals surface area (Å²) in [6.07, 6.45) is 3.34. The maximum absolute atomic E-state index is 13.0.